The zero-order valence-electron chi connectivity index (χ0n) is 16.3. The molecule has 29 heavy (non-hydrogen) atoms. The molecule has 6 nitrogen and oxygen atoms in total. The third-order valence-electron chi connectivity index (χ3n) is 4.13. The first-order chi connectivity index (χ1) is 13.6. The van der Waals surface area contributed by atoms with Crippen LogP contribution in [0.3, 0.4) is 0 Å². The van der Waals surface area contributed by atoms with E-state index in [9.17, 15) is 22.8 Å². The molecule has 2 amide bonds. The molecule has 1 heterocycles. The minimum atomic E-state index is -4.48. The molecule has 0 aliphatic carbocycles. The summed E-state index contributed by atoms with van der Waals surface area (Å²) in [5.74, 6) is -0.965. The molecule has 158 valence electrons. The first kappa shape index (κ1) is 22.8. The van der Waals surface area contributed by atoms with Crippen LogP contribution in [0.1, 0.15) is 32.9 Å². The summed E-state index contributed by atoms with van der Waals surface area (Å²) in [4.78, 5) is 31.6. The smallest absolute Gasteiger partial charge is 0.385 e. The Balaban J connectivity index is 2.11. The van der Waals surface area contributed by atoms with Crippen LogP contribution < -0.4 is 5.32 Å². The minimum Gasteiger partial charge on any atom is -0.385 e. The van der Waals surface area contributed by atoms with Gasteiger partial charge in [0.05, 0.1) is 11.3 Å². The standard InChI is InChI=1S/C19H22F3N3O3S/c1-12-13(2)29-18(23-12)24-16(26)11-25(9-4-10-28-3)17(27)14-5-7-15(8-6-14)19(20,21)22/h5-8H,4,9-11H2,1-3H3,(H,23,24,26). The first-order valence-electron chi connectivity index (χ1n) is 8.81. The van der Waals surface area contributed by atoms with Crippen molar-refractivity contribution in [2.75, 3.05) is 32.1 Å². The van der Waals surface area contributed by atoms with Gasteiger partial charge in [-0.1, -0.05) is 0 Å². The largest absolute Gasteiger partial charge is 0.416 e. The number of nitrogens with zero attached hydrogens (tertiary/aromatic N) is 2. The number of ether oxygens (including phenoxy) is 1. The number of hydrogen-bond acceptors (Lipinski definition) is 5. The van der Waals surface area contributed by atoms with Gasteiger partial charge in [0.1, 0.15) is 6.54 Å². The lowest BCUT2D eigenvalue weighted by atomic mass is 10.1. The van der Waals surface area contributed by atoms with E-state index in [1.165, 1.54) is 23.3 Å². The second-order valence-corrected chi connectivity index (χ2v) is 7.56. The maximum absolute atomic E-state index is 12.8. The molecule has 0 saturated heterocycles. The number of halogens is 3. The van der Waals surface area contributed by atoms with E-state index in [0.717, 1.165) is 34.8 Å². The van der Waals surface area contributed by atoms with Crippen LogP contribution in [-0.2, 0) is 15.7 Å². The molecule has 10 heteroatoms. The molecule has 0 saturated carbocycles. The number of hydrogen-bond donors (Lipinski definition) is 1. The zero-order valence-corrected chi connectivity index (χ0v) is 17.1. The van der Waals surface area contributed by atoms with Gasteiger partial charge >= 0.3 is 6.18 Å². The fourth-order valence-corrected chi connectivity index (χ4v) is 3.33. The SMILES string of the molecule is COCCCN(CC(=O)Nc1nc(C)c(C)s1)C(=O)c1ccc(C(F)(F)F)cc1. The Kier molecular flexibility index (Phi) is 7.74. The average Bonchev–Trinajstić information content (AvgIpc) is 2.96. The molecule has 0 spiro atoms. The van der Waals surface area contributed by atoms with Gasteiger partial charge in [0.15, 0.2) is 5.13 Å². The lowest BCUT2D eigenvalue weighted by molar-refractivity contribution is -0.137. The van der Waals surface area contributed by atoms with Crippen molar-refractivity contribution >= 4 is 28.3 Å². The van der Waals surface area contributed by atoms with E-state index in [-0.39, 0.29) is 18.7 Å². The number of aromatic nitrogens is 1. The van der Waals surface area contributed by atoms with Gasteiger partial charge in [-0.3, -0.25) is 9.59 Å². The molecule has 0 aliphatic heterocycles. The molecule has 0 atom stereocenters. The van der Waals surface area contributed by atoms with E-state index in [2.05, 4.69) is 10.3 Å². The topological polar surface area (TPSA) is 71.5 Å². The number of nitrogens with one attached hydrogen (secondary N) is 1. The summed E-state index contributed by atoms with van der Waals surface area (Å²) >= 11 is 1.33. The summed E-state index contributed by atoms with van der Waals surface area (Å²) < 4.78 is 43.2. The molecule has 0 fully saturated rings. The summed E-state index contributed by atoms with van der Waals surface area (Å²) in [5.41, 5.74) is 0.0412. The third kappa shape index (κ3) is 6.53. The number of benzene rings is 1. The van der Waals surface area contributed by atoms with Gasteiger partial charge in [0, 0.05) is 30.7 Å². The molecular weight excluding hydrogens is 407 g/mol. The Bertz CT molecular complexity index is 831. The first-order valence-corrected chi connectivity index (χ1v) is 9.63. The zero-order chi connectivity index (χ0) is 21.6. The van der Waals surface area contributed by atoms with E-state index < -0.39 is 23.6 Å². The molecule has 1 aromatic heterocycles. The van der Waals surface area contributed by atoms with Gasteiger partial charge in [-0.2, -0.15) is 13.2 Å². The van der Waals surface area contributed by atoms with Gasteiger partial charge in [-0.25, -0.2) is 4.98 Å². The van der Waals surface area contributed by atoms with Crippen LogP contribution in [0.5, 0.6) is 0 Å². The molecular formula is C19H22F3N3O3S. The van der Waals surface area contributed by atoms with Crippen molar-refractivity contribution in [1.82, 2.24) is 9.88 Å². The Hall–Kier alpha value is -2.46. The van der Waals surface area contributed by atoms with Crippen molar-refractivity contribution in [1.29, 1.82) is 0 Å². The van der Waals surface area contributed by atoms with Crippen molar-refractivity contribution in [3.05, 3.63) is 46.0 Å². The normalized spacial score (nSPS) is 11.4. The summed E-state index contributed by atoms with van der Waals surface area (Å²) in [6.45, 7) is 4.06. The fraction of sp³-hybridized carbons (Fsp3) is 0.421. The van der Waals surface area contributed by atoms with Gasteiger partial charge < -0.3 is 15.0 Å². The number of amides is 2. The number of thiazole rings is 1. The molecule has 0 unspecified atom stereocenters. The summed E-state index contributed by atoms with van der Waals surface area (Å²) in [7, 11) is 1.52. The molecule has 1 aromatic carbocycles. The Labute approximate surface area is 170 Å². The van der Waals surface area contributed by atoms with E-state index in [0.29, 0.717) is 18.2 Å². The number of methoxy groups -OCH3 is 1. The van der Waals surface area contributed by atoms with Gasteiger partial charge in [-0.15, -0.1) is 11.3 Å². The van der Waals surface area contributed by atoms with Crippen LogP contribution >= 0.6 is 11.3 Å². The molecule has 1 N–H and O–H groups in total. The predicted octanol–water partition coefficient (Wildman–Crippen LogP) is 3.90. The Morgan fingerprint density at radius 2 is 1.86 bits per heavy atom. The maximum atomic E-state index is 12.8. The highest BCUT2D eigenvalue weighted by atomic mass is 32.1. The van der Waals surface area contributed by atoms with Crippen molar-refractivity contribution in [3.63, 3.8) is 0 Å². The van der Waals surface area contributed by atoms with Crippen LogP contribution in [0.25, 0.3) is 0 Å². The minimum absolute atomic E-state index is 0.0733. The number of aryl methyl sites for hydroxylation is 2. The average molecular weight is 429 g/mol. The second kappa shape index (κ2) is 9.84. The van der Waals surface area contributed by atoms with Gasteiger partial charge in [-0.05, 0) is 44.5 Å². The highest BCUT2D eigenvalue weighted by Gasteiger charge is 2.30. The highest BCUT2D eigenvalue weighted by molar-refractivity contribution is 7.15. The van der Waals surface area contributed by atoms with Crippen molar-refractivity contribution in [2.45, 2.75) is 26.4 Å². The number of anilines is 1. The van der Waals surface area contributed by atoms with E-state index in [1.54, 1.807) is 0 Å². The van der Waals surface area contributed by atoms with Crippen molar-refractivity contribution in [2.24, 2.45) is 0 Å². The third-order valence-corrected chi connectivity index (χ3v) is 5.12. The van der Waals surface area contributed by atoms with Crippen LogP contribution in [-0.4, -0.2) is 48.5 Å². The van der Waals surface area contributed by atoms with E-state index in [4.69, 9.17) is 4.74 Å². The van der Waals surface area contributed by atoms with Crippen LogP contribution in [0.15, 0.2) is 24.3 Å². The number of alkyl halides is 3. The van der Waals surface area contributed by atoms with E-state index in [1.807, 2.05) is 13.8 Å². The molecule has 2 aromatic rings. The maximum Gasteiger partial charge on any atom is 0.416 e. The monoisotopic (exact) mass is 429 g/mol. The quantitative estimate of drug-likeness (QED) is 0.646. The molecule has 0 aliphatic rings. The Morgan fingerprint density at radius 1 is 1.21 bits per heavy atom. The fourth-order valence-electron chi connectivity index (χ4n) is 2.49. The summed E-state index contributed by atoms with van der Waals surface area (Å²) in [6, 6.07) is 3.92. The lowest BCUT2D eigenvalue weighted by Crippen LogP contribution is -2.39. The van der Waals surface area contributed by atoms with Crippen LogP contribution in [0.2, 0.25) is 0 Å². The van der Waals surface area contributed by atoms with Crippen LogP contribution in [0.4, 0.5) is 18.3 Å². The summed E-state index contributed by atoms with van der Waals surface area (Å²) in [6.07, 6.45) is -4.00. The molecule has 2 rings (SSSR count). The van der Waals surface area contributed by atoms with Crippen molar-refractivity contribution in [3.8, 4) is 0 Å². The van der Waals surface area contributed by atoms with Gasteiger partial charge in [0.25, 0.3) is 5.91 Å². The van der Waals surface area contributed by atoms with Crippen LogP contribution in [0, 0.1) is 13.8 Å². The predicted molar refractivity (Wildman–Crippen MR) is 104 cm³/mol. The number of carbonyl (C=O) groups excluding carboxylic acids is 2. The second-order valence-electron chi connectivity index (χ2n) is 6.36. The highest BCUT2D eigenvalue weighted by Crippen LogP contribution is 2.29. The summed E-state index contributed by atoms with van der Waals surface area (Å²) in [5, 5.41) is 3.09. The molecule has 0 radical (unpaired) electrons. The Morgan fingerprint density at radius 3 is 2.38 bits per heavy atom. The number of rotatable bonds is 8. The lowest BCUT2D eigenvalue weighted by Gasteiger charge is -2.22. The van der Waals surface area contributed by atoms with Gasteiger partial charge in [0.2, 0.25) is 5.91 Å². The number of carbonyl (C=O) groups is 2. The van der Waals surface area contributed by atoms with E-state index >= 15 is 0 Å². The molecule has 0 bridgehead atoms. The van der Waals surface area contributed by atoms with Crippen molar-refractivity contribution < 1.29 is 27.5 Å².